The van der Waals surface area contributed by atoms with Crippen LogP contribution in [0, 0.1) is 0 Å². The van der Waals surface area contributed by atoms with Crippen LogP contribution in [0.5, 0.6) is 5.75 Å². The normalized spacial score (nSPS) is 21.9. The number of nitrogens with zero attached hydrogens (tertiary/aromatic N) is 1. The Kier molecular flexibility index (Phi) is 6.95. The lowest BCUT2D eigenvalue weighted by molar-refractivity contribution is -0.198. The molecule has 2 amide bonds. The molecule has 4 rings (SSSR count). The standard InChI is InChI=1S/C25H32N2O7/c1-24(2,3)33-23(30)27-13-11-25(12-14-27)22(29)18-16-17(7-9-19(18)32-25)8-10-20(28)26-34-21-6-4-5-15-31-21/h7-10,16,21H,4-6,11-15H2,1-3H3,(H,26,28). The molecule has 0 aromatic heterocycles. The van der Waals surface area contributed by atoms with E-state index in [-0.39, 0.29) is 11.9 Å². The molecule has 1 atom stereocenters. The first kappa shape index (κ1) is 24.2. The molecule has 1 aromatic rings. The van der Waals surface area contributed by atoms with Gasteiger partial charge in [-0.3, -0.25) is 9.59 Å². The van der Waals surface area contributed by atoms with Crippen LogP contribution in [-0.2, 0) is 19.1 Å². The Bertz CT molecular complexity index is 968. The lowest BCUT2D eigenvalue weighted by Crippen LogP contribution is -2.52. The monoisotopic (exact) mass is 472 g/mol. The number of carbonyl (C=O) groups is 3. The lowest BCUT2D eigenvalue weighted by Gasteiger charge is -2.37. The van der Waals surface area contributed by atoms with Crippen molar-refractivity contribution in [2.45, 2.75) is 70.4 Å². The zero-order valence-electron chi connectivity index (χ0n) is 19.9. The molecule has 184 valence electrons. The van der Waals surface area contributed by atoms with E-state index >= 15 is 0 Å². The average Bonchev–Trinajstić information content (AvgIpc) is 3.07. The topological polar surface area (TPSA) is 103 Å². The number of fused-ring (bicyclic) bond motifs is 1. The summed E-state index contributed by atoms with van der Waals surface area (Å²) < 4.78 is 16.9. The maximum Gasteiger partial charge on any atom is 0.410 e. The molecular weight excluding hydrogens is 440 g/mol. The van der Waals surface area contributed by atoms with Crippen LogP contribution in [0.15, 0.2) is 24.3 Å². The minimum atomic E-state index is -0.964. The maximum absolute atomic E-state index is 13.2. The first-order chi connectivity index (χ1) is 16.2. The Morgan fingerprint density at radius 2 is 1.97 bits per heavy atom. The van der Waals surface area contributed by atoms with E-state index in [2.05, 4.69) is 5.48 Å². The van der Waals surface area contributed by atoms with E-state index in [1.807, 2.05) is 20.8 Å². The predicted octanol–water partition coefficient (Wildman–Crippen LogP) is 3.62. The fraction of sp³-hybridized carbons (Fsp3) is 0.560. The van der Waals surface area contributed by atoms with E-state index in [1.54, 1.807) is 29.2 Å². The van der Waals surface area contributed by atoms with Gasteiger partial charge >= 0.3 is 6.09 Å². The van der Waals surface area contributed by atoms with Gasteiger partial charge in [-0.15, -0.1) is 0 Å². The molecule has 0 aliphatic carbocycles. The van der Waals surface area contributed by atoms with Crippen molar-refractivity contribution in [2.75, 3.05) is 19.7 Å². The average molecular weight is 473 g/mol. The summed E-state index contributed by atoms with van der Waals surface area (Å²) in [7, 11) is 0. The van der Waals surface area contributed by atoms with E-state index in [0.717, 1.165) is 19.3 Å². The number of hydrogen-bond donors (Lipinski definition) is 1. The molecule has 9 nitrogen and oxygen atoms in total. The maximum atomic E-state index is 13.2. The van der Waals surface area contributed by atoms with E-state index in [9.17, 15) is 14.4 Å². The summed E-state index contributed by atoms with van der Waals surface area (Å²) >= 11 is 0. The van der Waals surface area contributed by atoms with Gasteiger partial charge in [0.1, 0.15) is 11.4 Å². The van der Waals surface area contributed by atoms with E-state index in [0.29, 0.717) is 49.4 Å². The Hall–Kier alpha value is -2.91. The number of Topliss-reactive ketones (excluding diaryl/α,β-unsaturated/α-hetero) is 1. The molecule has 1 aromatic carbocycles. The van der Waals surface area contributed by atoms with Crippen LogP contribution < -0.4 is 10.2 Å². The Labute approximate surface area is 199 Å². The second kappa shape index (κ2) is 9.76. The number of carbonyl (C=O) groups excluding carboxylic acids is 3. The fourth-order valence-electron chi connectivity index (χ4n) is 4.26. The zero-order valence-corrected chi connectivity index (χ0v) is 19.9. The van der Waals surface area contributed by atoms with Gasteiger partial charge in [0.25, 0.3) is 5.91 Å². The number of piperidine rings is 1. The highest BCUT2D eigenvalue weighted by Gasteiger charge is 2.50. The largest absolute Gasteiger partial charge is 0.478 e. The Balaban J connectivity index is 1.34. The number of ketones is 1. The summed E-state index contributed by atoms with van der Waals surface area (Å²) in [5.74, 6) is 0.0159. The number of hydrogen-bond acceptors (Lipinski definition) is 7. The highest BCUT2D eigenvalue weighted by Crippen LogP contribution is 2.41. The van der Waals surface area contributed by atoms with Gasteiger partial charge in [0.15, 0.2) is 11.9 Å². The van der Waals surface area contributed by atoms with Gasteiger partial charge in [0.05, 0.1) is 5.56 Å². The third-order valence-corrected chi connectivity index (χ3v) is 6.05. The van der Waals surface area contributed by atoms with Crippen molar-refractivity contribution in [1.29, 1.82) is 0 Å². The smallest absolute Gasteiger partial charge is 0.410 e. The number of hydroxylamine groups is 1. The molecule has 9 heteroatoms. The van der Waals surface area contributed by atoms with Crippen molar-refractivity contribution in [3.63, 3.8) is 0 Å². The summed E-state index contributed by atoms with van der Waals surface area (Å²) in [6.07, 6.45) is 5.70. The molecule has 0 saturated carbocycles. The molecular formula is C25H32N2O7. The number of nitrogens with one attached hydrogen (secondary N) is 1. The Morgan fingerprint density at radius 1 is 1.21 bits per heavy atom. The SMILES string of the molecule is CC(C)(C)OC(=O)N1CCC2(CC1)Oc1ccc(C=CC(=O)NOC3CCCCO3)cc1C2=O. The van der Waals surface area contributed by atoms with Crippen molar-refractivity contribution >= 4 is 23.9 Å². The quantitative estimate of drug-likeness (QED) is 0.527. The second-order valence-electron chi connectivity index (χ2n) is 9.86. The van der Waals surface area contributed by atoms with Gasteiger partial charge in [-0.1, -0.05) is 6.07 Å². The predicted molar refractivity (Wildman–Crippen MR) is 123 cm³/mol. The van der Waals surface area contributed by atoms with Crippen molar-refractivity contribution in [2.24, 2.45) is 0 Å². The van der Waals surface area contributed by atoms with E-state index in [4.69, 9.17) is 19.0 Å². The molecule has 1 N–H and O–H groups in total. The van der Waals surface area contributed by atoms with Crippen molar-refractivity contribution in [1.82, 2.24) is 10.4 Å². The summed E-state index contributed by atoms with van der Waals surface area (Å²) in [6, 6.07) is 5.25. The molecule has 0 radical (unpaired) electrons. The molecule has 34 heavy (non-hydrogen) atoms. The van der Waals surface area contributed by atoms with Crippen LogP contribution in [0.2, 0.25) is 0 Å². The number of ether oxygens (including phenoxy) is 3. The fourth-order valence-corrected chi connectivity index (χ4v) is 4.26. The number of benzene rings is 1. The van der Waals surface area contributed by atoms with Gasteiger partial charge in [0.2, 0.25) is 5.78 Å². The minimum Gasteiger partial charge on any atom is -0.478 e. The molecule has 3 heterocycles. The molecule has 3 aliphatic rings. The van der Waals surface area contributed by atoms with Crippen LogP contribution in [0.3, 0.4) is 0 Å². The third-order valence-electron chi connectivity index (χ3n) is 6.05. The number of likely N-dealkylation sites (tertiary alicyclic amines) is 1. The first-order valence-corrected chi connectivity index (χ1v) is 11.8. The minimum absolute atomic E-state index is 0.0937. The summed E-state index contributed by atoms with van der Waals surface area (Å²) in [4.78, 5) is 44.5. The van der Waals surface area contributed by atoms with Crippen LogP contribution >= 0.6 is 0 Å². The van der Waals surface area contributed by atoms with Gasteiger partial charge in [-0.05, 0) is 57.4 Å². The van der Waals surface area contributed by atoms with Gasteiger partial charge in [-0.25, -0.2) is 15.1 Å². The number of rotatable bonds is 4. The van der Waals surface area contributed by atoms with Crippen molar-refractivity contribution in [3.05, 3.63) is 35.4 Å². The number of amides is 2. The van der Waals surface area contributed by atoms with Crippen LogP contribution in [-0.4, -0.2) is 59.9 Å². The molecule has 0 bridgehead atoms. The van der Waals surface area contributed by atoms with Crippen molar-refractivity contribution < 1.29 is 33.4 Å². The van der Waals surface area contributed by atoms with Crippen LogP contribution in [0.4, 0.5) is 4.79 Å². The molecule has 2 saturated heterocycles. The highest BCUT2D eigenvalue weighted by atomic mass is 16.8. The molecule has 1 spiro atoms. The van der Waals surface area contributed by atoms with Gasteiger partial charge < -0.3 is 19.1 Å². The highest BCUT2D eigenvalue weighted by molar-refractivity contribution is 6.08. The van der Waals surface area contributed by atoms with Crippen LogP contribution in [0.25, 0.3) is 6.08 Å². The summed E-state index contributed by atoms with van der Waals surface area (Å²) in [5, 5.41) is 0. The van der Waals surface area contributed by atoms with Gasteiger partial charge in [-0.2, -0.15) is 0 Å². The molecule has 2 fully saturated rings. The van der Waals surface area contributed by atoms with E-state index < -0.39 is 23.4 Å². The van der Waals surface area contributed by atoms with E-state index in [1.165, 1.54) is 6.08 Å². The summed E-state index contributed by atoms with van der Waals surface area (Å²) in [6.45, 7) is 6.86. The molecule has 1 unspecified atom stereocenters. The Morgan fingerprint density at radius 3 is 2.65 bits per heavy atom. The summed E-state index contributed by atoms with van der Waals surface area (Å²) in [5.41, 5.74) is 2.02. The first-order valence-electron chi connectivity index (χ1n) is 11.8. The van der Waals surface area contributed by atoms with Crippen molar-refractivity contribution in [3.8, 4) is 5.75 Å². The molecule has 3 aliphatic heterocycles. The van der Waals surface area contributed by atoms with Crippen LogP contribution in [0.1, 0.15) is 68.8 Å². The third kappa shape index (κ3) is 5.59. The zero-order chi connectivity index (χ0) is 24.3. The van der Waals surface area contributed by atoms with Gasteiger partial charge in [0, 0.05) is 45.0 Å². The second-order valence-corrected chi connectivity index (χ2v) is 9.86. The lowest BCUT2D eigenvalue weighted by atomic mass is 9.85.